The number of rotatable bonds is 6. The fourth-order valence-electron chi connectivity index (χ4n) is 1.89. The maximum absolute atomic E-state index is 12.9. The van der Waals surface area contributed by atoms with Crippen LogP contribution < -0.4 is 10.1 Å². The Bertz CT molecular complexity index is 615. The highest BCUT2D eigenvalue weighted by atomic mass is 19.4. The second-order valence-electron chi connectivity index (χ2n) is 4.58. The zero-order chi connectivity index (χ0) is 16.9. The first kappa shape index (κ1) is 17.0. The molecule has 1 atom stereocenters. The van der Waals surface area contributed by atoms with E-state index in [2.05, 4.69) is 15.0 Å². The Kier molecular flexibility index (Phi) is 5.38. The summed E-state index contributed by atoms with van der Waals surface area (Å²) in [7, 11) is 1.50. The predicted molar refractivity (Wildman–Crippen MR) is 75.6 cm³/mol. The van der Waals surface area contributed by atoms with E-state index < -0.39 is 12.1 Å². The van der Waals surface area contributed by atoms with Crippen molar-refractivity contribution in [3.63, 3.8) is 0 Å². The summed E-state index contributed by atoms with van der Waals surface area (Å²) in [5.41, 5.74) is 0.762. The lowest BCUT2D eigenvalue weighted by Gasteiger charge is -2.17. The van der Waals surface area contributed by atoms with Gasteiger partial charge in [0.05, 0.1) is 12.3 Å². The summed E-state index contributed by atoms with van der Waals surface area (Å²) in [6.45, 7) is 0.314. The van der Waals surface area contributed by atoms with E-state index >= 15 is 0 Å². The minimum atomic E-state index is -4.75. The molecule has 0 spiro atoms. The van der Waals surface area contributed by atoms with Gasteiger partial charge in [-0.1, -0.05) is 12.1 Å². The standard InChI is InChI=1S/C15H14F4N2O2/c1-22-13(10-2-4-11(16)5-3-10)9-21-14-7-6-12(8-20-14)23-15(17,18)19/h2-8,13H,9H2,1H3,(H,20,21). The van der Waals surface area contributed by atoms with Crippen molar-refractivity contribution in [2.24, 2.45) is 0 Å². The van der Waals surface area contributed by atoms with Gasteiger partial charge >= 0.3 is 6.36 Å². The van der Waals surface area contributed by atoms with Gasteiger partial charge in [0.15, 0.2) is 0 Å². The highest BCUT2D eigenvalue weighted by Gasteiger charge is 2.31. The average molecular weight is 330 g/mol. The van der Waals surface area contributed by atoms with Gasteiger partial charge in [-0.25, -0.2) is 9.37 Å². The average Bonchev–Trinajstić information content (AvgIpc) is 2.49. The van der Waals surface area contributed by atoms with Gasteiger partial charge in [0.1, 0.15) is 17.4 Å². The quantitative estimate of drug-likeness (QED) is 0.816. The number of hydrogen-bond donors (Lipinski definition) is 1. The fraction of sp³-hybridized carbons (Fsp3) is 0.267. The van der Waals surface area contributed by atoms with Gasteiger partial charge in [0.2, 0.25) is 0 Å². The SMILES string of the molecule is COC(CNc1ccc(OC(F)(F)F)cn1)c1ccc(F)cc1. The van der Waals surface area contributed by atoms with Gasteiger partial charge in [-0.2, -0.15) is 0 Å². The van der Waals surface area contributed by atoms with Crippen molar-refractivity contribution < 1.29 is 27.0 Å². The van der Waals surface area contributed by atoms with Gasteiger partial charge in [-0.05, 0) is 29.8 Å². The van der Waals surface area contributed by atoms with Gasteiger partial charge in [-0.15, -0.1) is 13.2 Å². The first-order chi connectivity index (χ1) is 10.9. The molecule has 0 radical (unpaired) electrons. The van der Waals surface area contributed by atoms with Crippen molar-refractivity contribution in [3.8, 4) is 5.75 Å². The van der Waals surface area contributed by atoms with Crippen molar-refractivity contribution in [1.29, 1.82) is 0 Å². The highest BCUT2D eigenvalue weighted by Crippen LogP contribution is 2.23. The number of anilines is 1. The lowest BCUT2D eigenvalue weighted by molar-refractivity contribution is -0.274. The molecule has 0 saturated carbocycles. The molecule has 23 heavy (non-hydrogen) atoms. The molecule has 2 aromatic rings. The topological polar surface area (TPSA) is 43.4 Å². The van der Waals surface area contributed by atoms with E-state index in [9.17, 15) is 17.6 Å². The molecule has 1 N–H and O–H groups in total. The second kappa shape index (κ2) is 7.28. The first-order valence-corrected chi connectivity index (χ1v) is 6.61. The second-order valence-corrected chi connectivity index (χ2v) is 4.58. The van der Waals surface area contributed by atoms with Crippen LogP contribution >= 0.6 is 0 Å². The molecule has 0 saturated heterocycles. The Balaban J connectivity index is 1.95. The molecule has 2 rings (SSSR count). The van der Waals surface area contributed by atoms with Crippen LogP contribution in [0.3, 0.4) is 0 Å². The number of benzene rings is 1. The number of nitrogens with one attached hydrogen (secondary N) is 1. The smallest absolute Gasteiger partial charge is 0.404 e. The molecule has 0 amide bonds. The summed E-state index contributed by atoms with van der Waals surface area (Å²) in [6, 6.07) is 8.35. The van der Waals surface area contributed by atoms with Crippen LogP contribution in [0.5, 0.6) is 5.75 Å². The molecule has 124 valence electrons. The molecule has 8 heteroatoms. The van der Waals surface area contributed by atoms with Gasteiger partial charge in [-0.3, -0.25) is 0 Å². The number of nitrogens with zero attached hydrogens (tertiary/aromatic N) is 1. The van der Waals surface area contributed by atoms with Crippen molar-refractivity contribution >= 4 is 5.82 Å². The third-order valence-corrected chi connectivity index (χ3v) is 2.96. The third-order valence-electron chi connectivity index (χ3n) is 2.96. The van der Waals surface area contributed by atoms with Gasteiger partial charge in [0.25, 0.3) is 0 Å². The predicted octanol–water partition coefficient (Wildman–Crippen LogP) is 3.92. The van der Waals surface area contributed by atoms with E-state index in [1.807, 2.05) is 0 Å². The number of ether oxygens (including phenoxy) is 2. The molecule has 1 unspecified atom stereocenters. The largest absolute Gasteiger partial charge is 0.573 e. The van der Waals surface area contributed by atoms with Crippen LogP contribution in [0.4, 0.5) is 23.4 Å². The molecule has 0 aliphatic heterocycles. The number of methoxy groups -OCH3 is 1. The van der Waals surface area contributed by atoms with Crippen LogP contribution in [-0.4, -0.2) is 25.0 Å². The third kappa shape index (κ3) is 5.41. The molecule has 1 heterocycles. The van der Waals surface area contributed by atoms with E-state index in [0.717, 1.165) is 17.8 Å². The fourth-order valence-corrected chi connectivity index (χ4v) is 1.89. The maximum atomic E-state index is 12.9. The normalized spacial score (nSPS) is 12.7. The number of pyridine rings is 1. The number of halogens is 4. The minimum absolute atomic E-state index is 0.314. The van der Waals surface area contributed by atoms with Crippen molar-refractivity contribution in [1.82, 2.24) is 4.98 Å². The van der Waals surface area contributed by atoms with Gasteiger partial charge in [0, 0.05) is 13.7 Å². The van der Waals surface area contributed by atoms with Crippen LogP contribution in [-0.2, 0) is 4.74 Å². The zero-order valence-corrected chi connectivity index (χ0v) is 12.1. The first-order valence-electron chi connectivity index (χ1n) is 6.61. The molecule has 0 aliphatic rings. The summed E-state index contributed by atoms with van der Waals surface area (Å²) in [5.74, 6) is -0.382. The Labute approximate surface area is 130 Å². The van der Waals surface area contributed by atoms with Gasteiger partial charge < -0.3 is 14.8 Å². The zero-order valence-electron chi connectivity index (χ0n) is 12.1. The number of alkyl halides is 3. The highest BCUT2D eigenvalue weighted by molar-refractivity contribution is 5.38. The van der Waals surface area contributed by atoms with E-state index in [1.54, 1.807) is 12.1 Å². The molecule has 4 nitrogen and oxygen atoms in total. The summed E-state index contributed by atoms with van der Waals surface area (Å²) in [4.78, 5) is 3.83. The summed E-state index contributed by atoms with van der Waals surface area (Å²) >= 11 is 0. The van der Waals surface area contributed by atoms with E-state index in [0.29, 0.717) is 12.4 Å². The molecule has 0 fully saturated rings. The Morgan fingerprint density at radius 3 is 2.35 bits per heavy atom. The molecular weight excluding hydrogens is 316 g/mol. The molecule has 0 aliphatic carbocycles. The Morgan fingerprint density at radius 1 is 1.13 bits per heavy atom. The molecule has 1 aromatic heterocycles. The van der Waals surface area contributed by atoms with Crippen molar-refractivity contribution in [3.05, 3.63) is 54.0 Å². The lowest BCUT2D eigenvalue weighted by atomic mass is 10.1. The monoisotopic (exact) mass is 330 g/mol. The van der Waals surface area contributed by atoms with Crippen LogP contribution in [0.15, 0.2) is 42.6 Å². The van der Waals surface area contributed by atoms with Crippen LogP contribution in [0.25, 0.3) is 0 Å². The summed E-state index contributed by atoms with van der Waals surface area (Å²) < 4.78 is 58.1. The van der Waals surface area contributed by atoms with E-state index in [-0.39, 0.29) is 11.9 Å². The van der Waals surface area contributed by atoms with Crippen molar-refractivity contribution in [2.75, 3.05) is 19.0 Å². The van der Waals surface area contributed by atoms with Crippen LogP contribution in [0.2, 0.25) is 0 Å². The Morgan fingerprint density at radius 2 is 1.83 bits per heavy atom. The van der Waals surface area contributed by atoms with Crippen LogP contribution in [0, 0.1) is 5.82 Å². The summed E-state index contributed by atoms with van der Waals surface area (Å²) in [5, 5.41) is 2.93. The number of aromatic nitrogens is 1. The summed E-state index contributed by atoms with van der Waals surface area (Å²) in [6.07, 6.45) is -4.14. The van der Waals surface area contributed by atoms with Crippen LogP contribution in [0.1, 0.15) is 11.7 Å². The minimum Gasteiger partial charge on any atom is -0.404 e. The molecule has 0 bridgehead atoms. The molecule has 1 aromatic carbocycles. The van der Waals surface area contributed by atoms with E-state index in [4.69, 9.17) is 4.74 Å². The van der Waals surface area contributed by atoms with E-state index in [1.165, 1.54) is 25.3 Å². The maximum Gasteiger partial charge on any atom is 0.573 e. The molecular formula is C15H14F4N2O2. The number of hydrogen-bond acceptors (Lipinski definition) is 4. The lowest BCUT2D eigenvalue weighted by Crippen LogP contribution is -2.17. The van der Waals surface area contributed by atoms with Crippen molar-refractivity contribution in [2.45, 2.75) is 12.5 Å². The Hall–Kier alpha value is -2.35.